The van der Waals surface area contributed by atoms with Crippen LogP contribution in [0.3, 0.4) is 0 Å². The Hall–Kier alpha value is -1.76. The van der Waals surface area contributed by atoms with Crippen molar-refractivity contribution >= 4 is 11.6 Å². The molecular weight excluding hydrogens is 323 g/mol. The summed E-state index contributed by atoms with van der Waals surface area (Å²) in [5, 5.41) is 10.4. The van der Waals surface area contributed by atoms with Gasteiger partial charge in [-0.3, -0.25) is 4.79 Å². The summed E-state index contributed by atoms with van der Waals surface area (Å²) in [5.74, 6) is -0.491. The van der Waals surface area contributed by atoms with Crippen molar-refractivity contribution < 1.29 is 27.8 Å². The molecule has 1 aromatic rings. The lowest BCUT2D eigenvalue weighted by Crippen LogP contribution is -2.43. The summed E-state index contributed by atoms with van der Waals surface area (Å²) in [5.41, 5.74) is -0.291. The van der Waals surface area contributed by atoms with Crippen molar-refractivity contribution in [2.75, 3.05) is 11.4 Å². The fourth-order valence-corrected chi connectivity index (χ4v) is 3.41. The van der Waals surface area contributed by atoms with E-state index in [1.54, 1.807) is 0 Å². The van der Waals surface area contributed by atoms with Gasteiger partial charge in [-0.15, -0.1) is 13.2 Å². The maximum absolute atomic E-state index is 12.9. The van der Waals surface area contributed by atoms with E-state index in [0.717, 1.165) is 6.42 Å². The van der Waals surface area contributed by atoms with Gasteiger partial charge in [-0.1, -0.05) is 20.3 Å². The summed E-state index contributed by atoms with van der Waals surface area (Å²) in [6.45, 7) is 4.24. The molecule has 1 N–H and O–H groups in total. The number of halogens is 3. The van der Waals surface area contributed by atoms with Crippen molar-refractivity contribution in [3.63, 3.8) is 0 Å². The van der Waals surface area contributed by atoms with Crippen molar-refractivity contribution in [3.05, 3.63) is 24.3 Å². The minimum absolute atomic E-state index is 0.164. The molecule has 0 spiro atoms. The van der Waals surface area contributed by atoms with Gasteiger partial charge in [-0.25, -0.2) is 0 Å². The SMILES string of the molecule is CCCC1(C(O)CC)CCN(c2ccc(OC(F)(F)F)cc2)C1=O. The molecule has 0 bridgehead atoms. The minimum atomic E-state index is -4.74. The van der Waals surface area contributed by atoms with Gasteiger partial charge in [0, 0.05) is 12.2 Å². The van der Waals surface area contributed by atoms with Crippen molar-refractivity contribution in [2.45, 2.75) is 52.0 Å². The summed E-state index contributed by atoms with van der Waals surface area (Å²) >= 11 is 0. The van der Waals surface area contributed by atoms with Crippen LogP contribution < -0.4 is 9.64 Å². The second kappa shape index (κ2) is 7.01. The second-order valence-corrected chi connectivity index (χ2v) is 6.08. The number of ether oxygens (including phenoxy) is 1. The van der Waals surface area contributed by atoms with Crippen LogP contribution in [0.25, 0.3) is 0 Å². The van der Waals surface area contributed by atoms with Crippen LogP contribution in [0.15, 0.2) is 24.3 Å². The second-order valence-electron chi connectivity index (χ2n) is 6.08. The van der Waals surface area contributed by atoms with Crippen LogP contribution in [0, 0.1) is 5.41 Å². The van der Waals surface area contributed by atoms with Crippen molar-refractivity contribution in [3.8, 4) is 5.75 Å². The molecule has 1 aliphatic heterocycles. The molecular formula is C17H22F3NO3. The first kappa shape index (κ1) is 18.6. The Balaban J connectivity index is 2.20. The number of aliphatic hydroxyl groups is 1. The van der Waals surface area contributed by atoms with Crippen molar-refractivity contribution in [1.29, 1.82) is 0 Å². The van der Waals surface area contributed by atoms with Crippen LogP contribution in [0.2, 0.25) is 0 Å². The summed E-state index contributed by atoms with van der Waals surface area (Å²) in [6, 6.07) is 5.23. The quantitative estimate of drug-likeness (QED) is 0.851. The van der Waals surface area contributed by atoms with Gasteiger partial charge in [0.15, 0.2) is 0 Å². The molecule has 0 aliphatic carbocycles. The third kappa shape index (κ3) is 3.66. The molecule has 0 aromatic heterocycles. The lowest BCUT2D eigenvalue weighted by atomic mass is 9.75. The Morgan fingerprint density at radius 1 is 1.29 bits per heavy atom. The molecule has 1 fully saturated rings. The van der Waals surface area contributed by atoms with Gasteiger partial charge in [0.25, 0.3) is 0 Å². The van der Waals surface area contributed by atoms with E-state index in [0.29, 0.717) is 31.5 Å². The van der Waals surface area contributed by atoms with Gasteiger partial charge in [-0.2, -0.15) is 0 Å². The molecule has 0 radical (unpaired) electrons. The maximum Gasteiger partial charge on any atom is 0.573 e. The number of amides is 1. The third-order valence-corrected chi connectivity index (χ3v) is 4.56. The smallest absolute Gasteiger partial charge is 0.406 e. The van der Waals surface area contributed by atoms with Crippen LogP contribution in [-0.4, -0.2) is 30.0 Å². The number of nitrogens with zero attached hydrogens (tertiary/aromatic N) is 1. The van der Waals surface area contributed by atoms with E-state index < -0.39 is 17.9 Å². The van der Waals surface area contributed by atoms with Gasteiger partial charge < -0.3 is 14.7 Å². The first-order chi connectivity index (χ1) is 11.2. The molecule has 2 rings (SSSR count). The van der Waals surface area contributed by atoms with E-state index in [2.05, 4.69) is 4.74 Å². The molecule has 2 unspecified atom stereocenters. The highest BCUT2D eigenvalue weighted by molar-refractivity contribution is 6.00. The van der Waals surface area contributed by atoms with E-state index in [9.17, 15) is 23.1 Å². The number of hydrogen-bond donors (Lipinski definition) is 1. The van der Waals surface area contributed by atoms with Gasteiger partial charge >= 0.3 is 6.36 Å². The molecule has 7 heteroatoms. The highest BCUT2D eigenvalue weighted by Gasteiger charge is 2.50. The predicted octanol–water partition coefficient (Wildman–Crippen LogP) is 3.88. The fourth-order valence-electron chi connectivity index (χ4n) is 3.41. The topological polar surface area (TPSA) is 49.8 Å². The average molecular weight is 345 g/mol. The minimum Gasteiger partial charge on any atom is -0.406 e. The predicted molar refractivity (Wildman–Crippen MR) is 83.7 cm³/mol. The highest BCUT2D eigenvalue weighted by Crippen LogP contribution is 2.43. The zero-order valence-corrected chi connectivity index (χ0v) is 13.8. The van der Waals surface area contributed by atoms with Gasteiger partial charge in [0.05, 0.1) is 11.5 Å². The summed E-state index contributed by atoms with van der Waals surface area (Å²) in [4.78, 5) is 14.4. The normalized spacial score (nSPS) is 22.8. The number of rotatable bonds is 6. The summed E-state index contributed by atoms with van der Waals surface area (Å²) in [7, 11) is 0. The number of anilines is 1. The molecule has 24 heavy (non-hydrogen) atoms. The number of carbonyl (C=O) groups is 1. The number of hydrogen-bond acceptors (Lipinski definition) is 3. The third-order valence-electron chi connectivity index (χ3n) is 4.56. The highest BCUT2D eigenvalue weighted by atomic mass is 19.4. The van der Waals surface area contributed by atoms with Crippen LogP contribution in [-0.2, 0) is 4.79 Å². The summed E-state index contributed by atoms with van der Waals surface area (Å²) in [6.07, 6.45) is -3.08. The Morgan fingerprint density at radius 3 is 2.42 bits per heavy atom. The molecule has 0 saturated carbocycles. The number of alkyl halides is 3. The molecule has 1 saturated heterocycles. The molecule has 2 atom stereocenters. The summed E-state index contributed by atoms with van der Waals surface area (Å²) < 4.78 is 40.5. The first-order valence-electron chi connectivity index (χ1n) is 8.09. The number of aliphatic hydroxyl groups excluding tert-OH is 1. The molecule has 1 heterocycles. The fraction of sp³-hybridized carbons (Fsp3) is 0.588. The van der Waals surface area contributed by atoms with Crippen LogP contribution >= 0.6 is 0 Å². The van der Waals surface area contributed by atoms with E-state index in [4.69, 9.17) is 0 Å². The lowest BCUT2D eigenvalue weighted by Gasteiger charge is -2.32. The van der Waals surface area contributed by atoms with Crippen molar-refractivity contribution in [1.82, 2.24) is 0 Å². The lowest BCUT2D eigenvalue weighted by molar-refractivity contribution is -0.274. The Bertz CT molecular complexity index is 573. The number of benzene rings is 1. The average Bonchev–Trinajstić information content (AvgIpc) is 2.84. The van der Waals surface area contributed by atoms with Gasteiger partial charge in [0.2, 0.25) is 5.91 Å². The van der Waals surface area contributed by atoms with Crippen LogP contribution in [0.5, 0.6) is 5.75 Å². The van der Waals surface area contributed by atoms with Gasteiger partial charge in [0.1, 0.15) is 5.75 Å². The Labute approximate surface area is 139 Å². The Morgan fingerprint density at radius 2 is 1.92 bits per heavy atom. The monoisotopic (exact) mass is 345 g/mol. The molecule has 134 valence electrons. The zero-order valence-electron chi connectivity index (χ0n) is 13.8. The zero-order chi connectivity index (χ0) is 18.0. The van der Waals surface area contributed by atoms with Crippen molar-refractivity contribution in [2.24, 2.45) is 5.41 Å². The Kier molecular flexibility index (Phi) is 5.42. The maximum atomic E-state index is 12.9. The van der Waals surface area contributed by atoms with Gasteiger partial charge in [-0.05, 0) is 43.5 Å². The molecule has 1 amide bonds. The van der Waals surface area contributed by atoms with Crippen LogP contribution in [0.4, 0.5) is 18.9 Å². The number of carbonyl (C=O) groups excluding carboxylic acids is 1. The van der Waals surface area contributed by atoms with E-state index in [1.807, 2.05) is 13.8 Å². The molecule has 1 aliphatic rings. The van der Waals surface area contributed by atoms with E-state index in [-0.39, 0.29) is 11.7 Å². The standard InChI is InChI=1S/C17H22F3NO3/c1-3-9-16(14(22)4-2)10-11-21(15(16)23)12-5-7-13(8-6-12)24-17(18,19)20/h5-8,14,22H,3-4,9-11H2,1-2H3. The van der Waals surface area contributed by atoms with E-state index in [1.165, 1.54) is 29.2 Å². The first-order valence-corrected chi connectivity index (χ1v) is 8.09. The largest absolute Gasteiger partial charge is 0.573 e. The van der Waals surface area contributed by atoms with Crippen LogP contribution in [0.1, 0.15) is 39.5 Å². The van der Waals surface area contributed by atoms with E-state index >= 15 is 0 Å². The molecule has 4 nitrogen and oxygen atoms in total. The molecule has 1 aromatic carbocycles.